The Morgan fingerprint density at radius 2 is 1.61 bits per heavy atom. The lowest BCUT2D eigenvalue weighted by Crippen LogP contribution is -2.41. The minimum absolute atomic E-state index is 0. The lowest BCUT2D eigenvalue weighted by atomic mass is 10.1. The van der Waals surface area contributed by atoms with Gasteiger partial charge in [0.15, 0.2) is 5.96 Å². The summed E-state index contributed by atoms with van der Waals surface area (Å²) in [7, 11) is 5.79. The topological polar surface area (TPSA) is 48.9 Å². The molecule has 5 nitrogen and oxygen atoms in total. The summed E-state index contributed by atoms with van der Waals surface area (Å²) in [4.78, 5) is 6.41. The molecule has 0 aliphatic heterocycles. The van der Waals surface area contributed by atoms with E-state index in [4.69, 9.17) is 0 Å². The van der Waals surface area contributed by atoms with Crippen molar-refractivity contribution in [2.24, 2.45) is 4.99 Å². The van der Waals surface area contributed by atoms with Gasteiger partial charge in [0.25, 0.3) is 0 Å². The Balaban J connectivity index is 0.00000480. The Morgan fingerprint density at radius 3 is 2.16 bits per heavy atom. The van der Waals surface area contributed by atoms with Crippen LogP contribution in [0.2, 0.25) is 0 Å². The number of alkyl halides is 3. The number of rotatable bonds is 9. The minimum Gasteiger partial charge on any atom is -0.367 e. The molecule has 2 N–H and O–H groups in total. The molecule has 2 aromatic carbocycles. The standard InChI is InChI=1S/C22H29F3N4O.HI/c1-26-21(28-14-20(29(2)3)19-7-5-4-6-8-19)27-13-17-9-11-18(12-10-17)15-30-16-22(23,24)25;/h4-12,20H,13-16H2,1-3H3,(H2,26,27,28);1H. The molecule has 172 valence electrons. The van der Waals surface area contributed by atoms with Gasteiger partial charge in [0.2, 0.25) is 0 Å². The molecular weight excluding hydrogens is 520 g/mol. The Kier molecular flexibility index (Phi) is 11.9. The monoisotopic (exact) mass is 550 g/mol. The molecular formula is C22H30F3IN4O. The van der Waals surface area contributed by atoms with E-state index in [2.05, 4.69) is 37.4 Å². The highest BCUT2D eigenvalue weighted by Gasteiger charge is 2.27. The number of hydrogen-bond donors (Lipinski definition) is 2. The minimum atomic E-state index is -4.31. The molecule has 0 aliphatic carbocycles. The van der Waals surface area contributed by atoms with Crippen LogP contribution in [0.15, 0.2) is 59.6 Å². The van der Waals surface area contributed by atoms with Crippen LogP contribution >= 0.6 is 24.0 Å². The fourth-order valence-electron chi connectivity index (χ4n) is 2.91. The van der Waals surface area contributed by atoms with Gasteiger partial charge < -0.3 is 20.3 Å². The quantitative estimate of drug-likeness (QED) is 0.277. The summed E-state index contributed by atoms with van der Waals surface area (Å²) >= 11 is 0. The molecule has 2 rings (SSSR count). The summed E-state index contributed by atoms with van der Waals surface area (Å²) < 4.78 is 41.1. The van der Waals surface area contributed by atoms with Crippen LogP contribution in [0.25, 0.3) is 0 Å². The lowest BCUT2D eigenvalue weighted by Gasteiger charge is -2.26. The maximum atomic E-state index is 12.1. The van der Waals surface area contributed by atoms with Crippen molar-refractivity contribution in [2.45, 2.75) is 25.4 Å². The molecule has 0 fully saturated rings. The van der Waals surface area contributed by atoms with Crippen molar-refractivity contribution in [2.75, 3.05) is 34.3 Å². The molecule has 1 atom stereocenters. The van der Waals surface area contributed by atoms with E-state index in [1.54, 1.807) is 19.2 Å². The van der Waals surface area contributed by atoms with Crippen molar-refractivity contribution in [3.63, 3.8) is 0 Å². The molecule has 0 saturated carbocycles. The van der Waals surface area contributed by atoms with Gasteiger partial charge in [-0.2, -0.15) is 13.2 Å². The molecule has 1 unspecified atom stereocenters. The number of nitrogens with one attached hydrogen (secondary N) is 2. The van der Waals surface area contributed by atoms with Gasteiger partial charge in [-0.3, -0.25) is 4.99 Å². The van der Waals surface area contributed by atoms with E-state index in [-0.39, 0.29) is 36.6 Å². The maximum absolute atomic E-state index is 12.1. The second-order valence-corrected chi connectivity index (χ2v) is 7.12. The SMILES string of the molecule is CN=C(NCc1ccc(COCC(F)(F)F)cc1)NCC(c1ccccc1)N(C)C.I. The molecule has 9 heteroatoms. The average molecular weight is 550 g/mol. The van der Waals surface area contributed by atoms with E-state index in [9.17, 15) is 13.2 Å². The number of hydrogen-bond acceptors (Lipinski definition) is 3. The van der Waals surface area contributed by atoms with Crippen molar-refractivity contribution >= 4 is 29.9 Å². The molecule has 0 amide bonds. The van der Waals surface area contributed by atoms with Crippen molar-refractivity contribution < 1.29 is 17.9 Å². The highest BCUT2D eigenvalue weighted by molar-refractivity contribution is 14.0. The number of nitrogens with zero attached hydrogens (tertiary/aromatic N) is 2. The summed E-state index contributed by atoms with van der Waals surface area (Å²) in [5, 5.41) is 6.60. The molecule has 0 aromatic heterocycles. The number of halogens is 4. The molecule has 0 saturated heterocycles. The third kappa shape index (κ3) is 10.3. The van der Waals surface area contributed by atoms with Gasteiger partial charge in [-0.15, -0.1) is 24.0 Å². The fraction of sp³-hybridized carbons (Fsp3) is 0.409. The molecule has 2 aromatic rings. The smallest absolute Gasteiger partial charge is 0.367 e. The third-order valence-corrected chi connectivity index (χ3v) is 4.51. The van der Waals surface area contributed by atoms with Gasteiger partial charge in [0.1, 0.15) is 6.61 Å². The summed E-state index contributed by atoms with van der Waals surface area (Å²) in [6.07, 6.45) is -4.31. The van der Waals surface area contributed by atoms with Crippen LogP contribution in [-0.4, -0.2) is 51.3 Å². The van der Waals surface area contributed by atoms with E-state index >= 15 is 0 Å². The zero-order valence-electron chi connectivity index (χ0n) is 17.9. The Morgan fingerprint density at radius 1 is 1.00 bits per heavy atom. The van der Waals surface area contributed by atoms with E-state index < -0.39 is 12.8 Å². The van der Waals surface area contributed by atoms with Crippen LogP contribution in [0.1, 0.15) is 22.7 Å². The summed E-state index contributed by atoms with van der Waals surface area (Å²) in [5.41, 5.74) is 2.90. The second-order valence-electron chi connectivity index (χ2n) is 7.12. The van der Waals surface area contributed by atoms with E-state index in [0.717, 1.165) is 5.56 Å². The van der Waals surface area contributed by atoms with Crippen LogP contribution in [0, 0.1) is 0 Å². The predicted octanol–water partition coefficient (Wildman–Crippen LogP) is 4.35. The van der Waals surface area contributed by atoms with Crippen molar-refractivity contribution in [3.05, 3.63) is 71.3 Å². The number of ether oxygens (including phenoxy) is 1. The van der Waals surface area contributed by atoms with Gasteiger partial charge in [0.05, 0.1) is 12.6 Å². The highest BCUT2D eigenvalue weighted by atomic mass is 127. The summed E-state index contributed by atoms with van der Waals surface area (Å²) in [5.74, 6) is 0.676. The zero-order valence-corrected chi connectivity index (χ0v) is 20.3. The molecule has 0 heterocycles. The highest BCUT2D eigenvalue weighted by Crippen LogP contribution is 2.17. The maximum Gasteiger partial charge on any atom is 0.411 e. The van der Waals surface area contributed by atoms with Gasteiger partial charge in [-0.25, -0.2) is 0 Å². The van der Waals surface area contributed by atoms with E-state index in [1.165, 1.54) is 5.56 Å². The normalized spacial score (nSPS) is 12.9. The molecule has 31 heavy (non-hydrogen) atoms. The zero-order chi connectivity index (χ0) is 22.0. The van der Waals surface area contributed by atoms with E-state index in [0.29, 0.717) is 24.6 Å². The third-order valence-electron chi connectivity index (χ3n) is 4.51. The molecule has 0 bridgehead atoms. The Bertz CT molecular complexity index is 784. The van der Waals surface area contributed by atoms with Crippen LogP contribution in [0.4, 0.5) is 13.2 Å². The summed E-state index contributed by atoms with van der Waals surface area (Å²) in [6.45, 7) is -0.0788. The Labute approximate surface area is 199 Å². The predicted molar refractivity (Wildman–Crippen MR) is 129 cm³/mol. The second kappa shape index (κ2) is 13.5. The first-order valence-corrected chi connectivity index (χ1v) is 9.66. The van der Waals surface area contributed by atoms with Crippen molar-refractivity contribution in [3.8, 4) is 0 Å². The largest absolute Gasteiger partial charge is 0.411 e. The fourth-order valence-corrected chi connectivity index (χ4v) is 2.91. The first-order chi connectivity index (χ1) is 14.3. The van der Waals surface area contributed by atoms with Crippen molar-refractivity contribution in [1.29, 1.82) is 0 Å². The van der Waals surface area contributed by atoms with Crippen LogP contribution in [0.5, 0.6) is 0 Å². The molecule has 0 radical (unpaired) electrons. The van der Waals surface area contributed by atoms with E-state index in [1.807, 2.05) is 44.4 Å². The van der Waals surface area contributed by atoms with Crippen LogP contribution in [0.3, 0.4) is 0 Å². The van der Waals surface area contributed by atoms with Gasteiger partial charge >= 0.3 is 6.18 Å². The first kappa shape index (κ1) is 27.2. The van der Waals surface area contributed by atoms with Gasteiger partial charge in [0, 0.05) is 20.1 Å². The molecule has 0 aliphatic rings. The van der Waals surface area contributed by atoms with Gasteiger partial charge in [-0.1, -0.05) is 54.6 Å². The van der Waals surface area contributed by atoms with Crippen LogP contribution in [-0.2, 0) is 17.9 Å². The number of guanidine groups is 1. The first-order valence-electron chi connectivity index (χ1n) is 9.66. The van der Waals surface area contributed by atoms with Crippen LogP contribution < -0.4 is 10.6 Å². The number of likely N-dealkylation sites (N-methyl/N-ethyl adjacent to an activating group) is 1. The Hall–Kier alpha value is -1.85. The molecule has 0 spiro atoms. The van der Waals surface area contributed by atoms with Crippen molar-refractivity contribution in [1.82, 2.24) is 15.5 Å². The summed E-state index contributed by atoms with van der Waals surface area (Å²) in [6, 6.07) is 17.7. The number of benzene rings is 2. The van der Waals surface area contributed by atoms with Gasteiger partial charge in [-0.05, 0) is 30.8 Å². The average Bonchev–Trinajstić information content (AvgIpc) is 2.71. The lowest BCUT2D eigenvalue weighted by molar-refractivity contribution is -0.176. The number of aliphatic imine (C=N–C) groups is 1.